The Balaban J connectivity index is -0.00000127. The Morgan fingerprint density at radius 1 is 0.912 bits per heavy atom. The molecule has 0 fully saturated rings. The molecular formula is C29H40KN3O-2. The molecule has 34 heavy (non-hydrogen) atoms. The summed E-state index contributed by atoms with van der Waals surface area (Å²) in [6.07, 6.45) is 7.28. The third-order valence-corrected chi connectivity index (χ3v) is 3.92. The number of hydrogen-bond acceptors (Lipinski definition) is 3. The number of aliphatic imine (C=N–C) groups is 2. The molecule has 0 amide bonds. The number of amidine groups is 1. The summed E-state index contributed by atoms with van der Waals surface area (Å²) in [4.78, 5) is 19.7. The van der Waals surface area contributed by atoms with Gasteiger partial charge in [0.25, 0.3) is 0 Å². The van der Waals surface area contributed by atoms with Gasteiger partial charge in [-0.25, -0.2) is 4.99 Å². The number of carbonyl (C=O) groups excluding carboxylic acids is 1. The van der Waals surface area contributed by atoms with Crippen molar-refractivity contribution in [3.63, 3.8) is 0 Å². The van der Waals surface area contributed by atoms with Crippen LogP contribution >= 0.6 is 0 Å². The van der Waals surface area contributed by atoms with Gasteiger partial charge in [-0.2, -0.15) is 31.5 Å². The maximum Gasteiger partial charge on any atom is 1.00 e. The van der Waals surface area contributed by atoms with E-state index in [2.05, 4.69) is 60.3 Å². The van der Waals surface area contributed by atoms with Crippen LogP contribution in [-0.4, -0.2) is 17.8 Å². The predicted molar refractivity (Wildman–Crippen MR) is 148 cm³/mol. The van der Waals surface area contributed by atoms with Gasteiger partial charge in [-0.1, -0.05) is 61.9 Å². The van der Waals surface area contributed by atoms with Gasteiger partial charge in [-0.05, 0) is 38.8 Å². The number of hydrogen-bond donors (Lipinski definition) is 1. The second-order valence-electron chi connectivity index (χ2n) is 6.16. The van der Waals surface area contributed by atoms with E-state index in [1.165, 1.54) is 5.56 Å². The van der Waals surface area contributed by atoms with Crippen LogP contribution in [0.3, 0.4) is 0 Å². The fraction of sp³-hybridized carbons (Fsp3) is 0.276. The van der Waals surface area contributed by atoms with Gasteiger partial charge in [0.05, 0.1) is 12.0 Å². The zero-order chi connectivity index (χ0) is 25.6. The molecule has 4 nitrogen and oxygen atoms in total. The summed E-state index contributed by atoms with van der Waals surface area (Å²) in [5.74, 6) is 0.642. The molecule has 2 aromatic rings. The van der Waals surface area contributed by atoms with E-state index >= 15 is 0 Å². The smallest absolute Gasteiger partial charge is 0.376 e. The van der Waals surface area contributed by atoms with E-state index in [1.807, 2.05) is 65.3 Å². The van der Waals surface area contributed by atoms with Crippen molar-refractivity contribution in [1.82, 2.24) is 0 Å². The summed E-state index contributed by atoms with van der Waals surface area (Å²) in [5, 5.41) is 3.24. The van der Waals surface area contributed by atoms with E-state index in [0.29, 0.717) is 11.4 Å². The second-order valence-corrected chi connectivity index (χ2v) is 6.16. The summed E-state index contributed by atoms with van der Waals surface area (Å²) in [6, 6.07) is 15.4. The van der Waals surface area contributed by atoms with Gasteiger partial charge in [-0.3, -0.25) is 4.99 Å². The summed E-state index contributed by atoms with van der Waals surface area (Å²) >= 11 is 0. The van der Waals surface area contributed by atoms with E-state index in [9.17, 15) is 4.79 Å². The summed E-state index contributed by atoms with van der Waals surface area (Å²) in [7, 11) is 0. The van der Waals surface area contributed by atoms with E-state index in [1.54, 1.807) is 32.2 Å². The van der Waals surface area contributed by atoms with Gasteiger partial charge in [0.2, 0.25) is 0 Å². The summed E-state index contributed by atoms with van der Waals surface area (Å²) < 4.78 is 0. The minimum atomic E-state index is 0. The van der Waals surface area contributed by atoms with Crippen LogP contribution in [0.2, 0.25) is 0 Å². The Hall–Kier alpha value is -1.63. The Labute approximate surface area is 251 Å². The summed E-state index contributed by atoms with van der Waals surface area (Å²) in [5.41, 5.74) is 5.53. The number of nitrogens with one attached hydrogen (secondary N) is 1. The number of allylic oxidation sites excluding steroid dienone is 2. The first-order valence-electron chi connectivity index (χ1n) is 11.2. The maximum absolute atomic E-state index is 10.7. The third kappa shape index (κ3) is 15.3. The molecule has 0 saturated heterocycles. The van der Waals surface area contributed by atoms with Crippen molar-refractivity contribution in [2.45, 2.75) is 55.4 Å². The second kappa shape index (κ2) is 24.5. The normalized spacial score (nSPS) is 10.9. The predicted octanol–water partition coefficient (Wildman–Crippen LogP) is 5.03. The Morgan fingerprint density at radius 3 is 1.91 bits per heavy atom. The Kier molecular flexibility index (Phi) is 26.6. The first kappa shape index (κ1) is 36.9. The number of anilines is 1. The van der Waals surface area contributed by atoms with Crippen LogP contribution in [-0.2, 0) is 4.79 Å². The number of nitrogens with zero attached hydrogens (tertiary/aromatic N) is 2. The average molecular weight is 486 g/mol. The van der Waals surface area contributed by atoms with Crippen molar-refractivity contribution in [1.29, 1.82) is 0 Å². The van der Waals surface area contributed by atoms with E-state index in [4.69, 9.17) is 0 Å². The van der Waals surface area contributed by atoms with Gasteiger partial charge < -0.3 is 24.0 Å². The molecule has 2 aromatic carbocycles. The molecule has 0 atom stereocenters. The maximum atomic E-state index is 10.7. The molecular weight excluding hydrogens is 445 g/mol. The third-order valence-electron chi connectivity index (χ3n) is 3.92. The van der Waals surface area contributed by atoms with Crippen LogP contribution in [0.15, 0.2) is 77.0 Å². The standard InChI is InChI=1S/C23H24N3O.C2H6.2C2H5.K/c1-5-14-24-23(26-22-12-8-20(16-27)9-13-22)19(4)25-15-18(3)21-10-6-17(2)7-11-21;3*1-2;/h5-15H,1-4H3,(H,24,26);1-2H3;2*1H2,2H3;/q-1;;2*-1;+1/b14-5-,18-15+,25-19?;;;;. The first-order valence-corrected chi connectivity index (χ1v) is 11.2. The zero-order valence-corrected chi connectivity index (χ0v) is 25.7. The Morgan fingerprint density at radius 2 is 1.44 bits per heavy atom. The van der Waals surface area contributed by atoms with Crippen LogP contribution in [0.4, 0.5) is 5.69 Å². The van der Waals surface area contributed by atoms with Crippen molar-refractivity contribution < 1.29 is 56.2 Å². The van der Waals surface area contributed by atoms with Crippen molar-refractivity contribution in [2.24, 2.45) is 9.98 Å². The topological polar surface area (TPSA) is 53.8 Å². The molecule has 0 unspecified atom stereocenters. The van der Waals surface area contributed by atoms with Crippen LogP contribution in [0.1, 0.15) is 65.2 Å². The molecule has 1 N–H and O–H groups in total. The van der Waals surface area contributed by atoms with Crippen LogP contribution < -0.4 is 56.7 Å². The monoisotopic (exact) mass is 485 g/mol. The minimum Gasteiger partial charge on any atom is -0.376 e. The minimum absolute atomic E-state index is 0. The van der Waals surface area contributed by atoms with Gasteiger partial charge in [0.1, 0.15) is 0 Å². The van der Waals surface area contributed by atoms with Crippen molar-refractivity contribution in [2.75, 3.05) is 5.32 Å². The molecule has 2 rings (SSSR count). The van der Waals surface area contributed by atoms with Crippen LogP contribution in [0, 0.1) is 20.8 Å². The fourth-order valence-corrected chi connectivity index (χ4v) is 2.27. The van der Waals surface area contributed by atoms with Gasteiger partial charge in [-0.15, -0.1) is 0 Å². The number of rotatable bonds is 6. The Bertz CT molecular complexity index is 894. The largest absolute Gasteiger partial charge is 1.00 e. The zero-order valence-electron chi connectivity index (χ0n) is 22.6. The molecule has 0 aliphatic rings. The van der Waals surface area contributed by atoms with E-state index in [0.717, 1.165) is 22.5 Å². The molecule has 0 bridgehead atoms. The van der Waals surface area contributed by atoms with Crippen LogP contribution in [0.25, 0.3) is 5.57 Å². The van der Waals surface area contributed by atoms with Gasteiger partial charge >= 0.3 is 51.4 Å². The van der Waals surface area contributed by atoms with Gasteiger partial charge in [0, 0.05) is 18.1 Å². The molecule has 0 heterocycles. The molecule has 5 heteroatoms. The van der Waals surface area contributed by atoms with Crippen molar-refractivity contribution in [3.05, 3.63) is 97.5 Å². The van der Waals surface area contributed by atoms with Gasteiger partial charge in [0.15, 0.2) is 5.84 Å². The quantitative estimate of drug-likeness (QED) is 0.270. The van der Waals surface area contributed by atoms with E-state index < -0.39 is 0 Å². The van der Waals surface area contributed by atoms with Crippen molar-refractivity contribution in [3.8, 4) is 0 Å². The van der Waals surface area contributed by atoms with Crippen molar-refractivity contribution >= 4 is 29.1 Å². The molecule has 0 aromatic heterocycles. The van der Waals surface area contributed by atoms with E-state index in [-0.39, 0.29) is 51.4 Å². The molecule has 0 radical (unpaired) electrons. The average Bonchev–Trinajstić information content (AvgIpc) is 2.89. The number of benzene rings is 2. The van der Waals surface area contributed by atoms with Crippen LogP contribution in [0.5, 0.6) is 0 Å². The SMILES string of the molecule is C/C=C\N=C(Nc1ccc([C-]=O)cc1)C(C)=N/C=C(\C)c1ccc(C)cc1.CC.[CH2-]C.[CH2-]C.[K+]. The number of aryl methyl sites for hydroxylation is 1. The molecule has 0 saturated carbocycles. The first-order chi connectivity index (χ1) is 16.0. The molecule has 0 aliphatic carbocycles. The molecule has 180 valence electrons. The molecule has 0 aliphatic heterocycles. The summed E-state index contributed by atoms with van der Waals surface area (Å²) in [6.45, 7) is 21.9. The molecule has 0 spiro atoms. The fourth-order valence-electron chi connectivity index (χ4n) is 2.27.